The fraction of sp³-hybridized carbons (Fsp3) is 0.583. The molecule has 0 saturated heterocycles. The molecule has 2 rings (SSSR count). The highest BCUT2D eigenvalue weighted by Crippen LogP contribution is 2.29. The lowest BCUT2D eigenvalue weighted by molar-refractivity contribution is 0.0657. The Morgan fingerprint density at radius 2 is 2.31 bits per heavy atom. The van der Waals surface area contributed by atoms with Gasteiger partial charge in [-0.05, 0) is 38.8 Å². The van der Waals surface area contributed by atoms with E-state index < -0.39 is 5.97 Å². The molecule has 1 aromatic heterocycles. The molecule has 1 saturated carbocycles. The summed E-state index contributed by atoms with van der Waals surface area (Å²) < 4.78 is 5.31. The van der Waals surface area contributed by atoms with Crippen molar-refractivity contribution in [2.75, 3.05) is 13.6 Å². The second-order valence-corrected chi connectivity index (χ2v) is 4.67. The summed E-state index contributed by atoms with van der Waals surface area (Å²) in [7, 11) is 2.04. The Bertz CT molecular complexity index is 393. The zero-order chi connectivity index (χ0) is 11.7. The van der Waals surface area contributed by atoms with E-state index in [0.29, 0.717) is 12.1 Å². The van der Waals surface area contributed by atoms with E-state index in [2.05, 4.69) is 4.90 Å². The molecule has 0 aliphatic heterocycles. The zero-order valence-electron chi connectivity index (χ0n) is 9.69. The van der Waals surface area contributed by atoms with Crippen molar-refractivity contribution in [3.63, 3.8) is 0 Å². The van der Waals surface area contributed by atoms with Crippen molar-refractivity contribution < 1.29 is 14.3 Å². The van der Waals surface area contributed by atoms with E-state index in [1.807, 2.05) is 13.1 Å². The Hall–Kier alpha value is -1.29. The number of aromatic carboxylic acids is 1. The fourth-order valence-electron chi connectivity index (χ4n) is 1.91. The van der Waals surface area contributed by atoms with Gasteiger partial charge >= 0.3 is 5.97 Å². The molecule has 0 aromatic carbocycles. The second-order valence-electron chi connectivity index (χ2n) is 4.67. The predicted molar refractivity (Wildman–Crippen MR) is 59.5 cm³/mol. The molecule has 0 atom stereocenters. The zero-order valence-corrected chi connectivity index (χ0v) is 9.69. The van der Waals surface area contributed by atoms with Crippen LogP contribution < -0.4 is 0 Å². The van der Waals surface area contributed by atoms with Crippen LogP contribution >= 0.6 is 0 Å². The number of nitrogens with zero attached hydrogens (tertiary/aromatic N) is 1. The first kappa shape index (κ1) is 11.2. The van der Waals surface area contributed by atoms with Crippen molar-refractivity contribution in [3.05, 3.63) is 23.2 Å². The maximum Gasteiger partial charge on any atom is 0.372 e. The van der Waals surface area contributed by atoms with Crippen LogP contribution in [0.5, 0.6) is 0 Å². The van der Waals surface area contributed by atoms with Gasteiger partial charge in [-0.2, -0.15) is 0 Å². The Kier molecular flexibility index (Phi) is 3.01. The molecule has 0 radical (unpaired) electrons. The van der Waals surface area contributed by atoms with Crippen LogP contribution in [0.4, 0.5) is 0 Å². The minimum atomic E-state index is -0.992. The minimum absolute atomic E-state index is 0.0646. The molecule has 1 aliphatic carbocycles. The number of aryl methyl sites for hydroxylation is 1. The molecule has 1 aromatic rings. The van der Waals surface area contributed by atoms with Crippen LogP contribution in [-0.2, 0) is 6.54 Å². The van der Waals surface area contributed by atoms with Gasteiger partial charge < -0.3 is 9.52 Å². The first-order valence-corrected chi connectivity index (χ1v) is 5.57. The van der Waals surface area contributed by atoms with Gasteiger partial charge in [0.2, 0.25) is 5.76 Å². The summed E-state index contributed by atoms with van der Waals surface area (Å²) in [5.74, 6) is 0.640. The smallest absolute Gasteiger partial charge is 0.372 e. The van der Waals surface area contributed by atoms with Crippen molar-refractivity contribution in [1.29, 1.82) is 0 Å². The molecule has 0 unspecified atom stereocenters. The van der Waals surface area contributed by atoms with Crippen LogP contribution in [0.1, 0.15) is 34.7 Å². The van der Waals surface area contributed by atoms with Crippen molar-refractivity contribution in [1.82, 2.24) is 4.90 Å². The number of carboxylic acids is 1. The SMILES string of the molecule is Cc1cc(CN(C)CC2CC2)oc1C(=O)O. The van der Waals surface area contributed by atoms with Crippen LogP contribution in [-0.4, -0.2) is 29.6 Å². The topological polar surface area (TPSA) is 53.7 Å². The molecule has 0 spiro atoms. The second kappa shape index (κ2) is 4.29. The van der Waals surface area contributed by atoms with Gasteiger partial charge in [0.25, 0.3) is 0 Å². The van der Waals surface area contributed by atoms with E-state index in [-0.39, 0.29) is 5.76 Å². The number of furan rings is 1. The summed E-state index contributed by atoms with van der Waals surface area (Å²) in [4.78, 5) is 13.0. The predicted octanol–water partition coefficient (Wildman–Crippen LogP) is 2.13. The van der Waals surface area contributed by atoms with Gasteiger partial charge in [-0.15, -0.1) is 0 Å². The molecule has 1 fully saturated rings. The Balaban J connectivity index is 1.97. The summed E-state index contributed by atoms with van der Waals surface area (Å²) in [5, 5.41) is 8.86. The van der Waals surface area contributed by atoms with E-state index in [9.17, 15) is 4.79 Å². The summed E-state index contributed by atoms with van der Waals surface area (Å²) in [6.07, 6.45) is 2.64. The number of carbonyl (C=O) groups is 1. The standard InChI is InChI=1S/C12H17NO3/c1-8-5-10(16-11(8)12(14)15)7-13(2)6-9-3-4-9/h5,9H,3-4,6-7H2,1-2H3,(H,14,15). The molecular formula is C12H17NO3. The van der Waals surface area contributed by atoms with Gasteiger partial charge in [0, 0.05) is 12.1 Å². The molecule has 4 nitrogen and oxygen atoms in total. The average molecular weight is 223 g/mol. The normalized spacial score (nSPS) is 15.7. The molecule has 1 N–H and O–H groups in total. The highest BCUT2D eigenvalue weighted by molar-refractivity contribution is 5.86. The number of hydrogen-bond acceptors (Lipinski definition) is 3. The van der Waals surface area contributed by atoms with Gasteiger partial charge in [0.1, 0.15) is 5.76 Å². The van der Waals surface area contributed by atoms with E-state index in [1.165, 1.54) is 12.8 Å². The molecular weight excluding hydrogens is 206 g/mol. The maximum atomic E-state index is 10.8. The lowest BCUT2D eigenvalue weighted by Gasteiger charge is -2.13. The third kappa shape index (κ3) is 2.64. The monoisotopic (exact) mass is 223 g/mol. The highest BCUT2D eigenvalue weighted by Gasteiger charge is 2.23. The summed E-state index contributed by atoms with van der Waals surface area (Å²) in [5.41, 5.74) is 0.697. The Morgan fingerprint density at radius 1 is 1.62 bits per heavy atom. The van der Waals surface area contributed by atoms with Crippen LogP contribution in [0.3, 0.4) is 0 Å². The molecule has 0 amide bonds. The largest absolute Gasteiger partial charge is 0.475 e. The van der Waals surface area contributed by atoms with Crippen molar-refractivity contribution in [3.8, 4) is 0 Å². The minimum Gasteiger partial charge on any atom is -0.475 e. The van der Waals surface area contributed by atoms with Crippen molar-refractivity contribution in [2.45, 2.75) is 26.3 Å². The lowest BCUT2D eigenvalue weighted by atomic mass is 10.2. The van der Waals surface area contributed by atoms with Gasteiger partial charge in [-0.1, -0.05) is 0 Å². The lowest BCUT2D eigenvalue weighted by Crippen LogP contribution is -2.20. The fourth-order valence-corrected chi connectivity index (χ4v) is 1.91. The third-order valence-electron chi connectivity index (χ3n) is 2.86. The summed E-state index contributed by atoms with van der Waals surface area (Å²) >= 11 is 0. The van der Waals surface area contributed by atoms with E-state index in [4.69, 9.17) is 9.52 Å². The summed E-state index contributed by atoms with van der Waals surface area (Å²) in [6, 6.07) is 1.81. The Morgan fingerprint density at radius 3 is 2.81 bits per heavy atom. The van der Waals surface area contributed by atoms with Gasteiger partial charge in [-0.3, -0.25) is 4.90 Å². The van der Waals surface area contributed by atoms with Crippen LogP contribution in [0.25, 0.3) is 0 Å². The number of rotatable bonds is 5. The van der Waals surface area contributed by atoms with E-state index in [0.717, 1.165) is 18.2 Å². The van der Waals surface area contributed by atoms with Gasteiger partial charge in [-0.25, -0.2) is 4.79 Å². The average Bonchev–Trinajstić information content (AvgIpc) is 2.89. The molecule has 1 aliphatic rings. The highest BCUT2D eigenvalue weighted by atomic mass is 16.4. The molecule has 88 valence electrons. The quantitative estimate of drug-likeness (QED) is 0.830. The molecule has 1 heterocycles. The van der Waals surface area contributed by atoms with E-state index in [1.54, 1.807) is 6.92 Å². The van der Waals surface area contributed by atoms with Crippen LogP contribution in [0, 0.1) is 12.8 Å². The van der Waals surface area contributed by atoms with Gasteiger partial charge in [0.15, 0.2) is 0 Å². The third-order valence-corrected chi connectivity index (χ3v) is 2.86. The van der Waals surface area contributed by atoms with Crippen molar-refractivity contribution in [2.24, 2.45) is 5.92 Å². The van der Waals surface area contributed by atoms with E-state index >= 15 is 0 Å². The van der Waals surface area contributed by atoms with Crippen molar-refractivity contribution >= 4 is 5.97 Å². The number of carboxylic acid groups (broad SMARTS) is 1. The van der Waals surface area contributed by atoms with Crippen LogP contribution in [0.2, 0.25) is 0 Å². The summed E-state index contributed by atoms with van der Waals surface area (Å²) in [6.45, 7) is 3.52. The molecule has 0 bridgehead atoms. The Labute approximate surface area is 94.9 Å². The maximum absolute atomic E-state index is 10.8. The first-order valence-electron chi connectivity index (χ1n) is 5.57. The first-order chi connectivity index (χ1) is 7.56. The molecule has 16 heavy (non-hydrogen) atoms. The number of hydrogen-bond donors (Lipinski definition) is 1. The van der Waals surface area contributed by atoms with Gasteiger partial charge in [0.05, 0.1) is 6.54 Å². The van der Waals surface area contributed by atoms with Crippen LogP contribution in [0.15, 0.2) is 10.5 Å². The molecule has 4 heteroatoms.